The number of aryl methyl sites for hydroxylation is 1. The Morgan fingerprint density at radius 2 is 2.00 bits per heavy atom. The standard InChI is InChI=1S/C15H22N6O/c1-9(2)13-18-14-11(8-17-20(14)3)15(19-13)21-6-4-10(5-7-21)12(16)22/h8-10H,4-7H2,1-3H3,(H2,16,22). The van der Waals surface area contributed by atoms with Crippen LogP contribution in [-0.4, -0.2) is 38.7 Å². The zero-order valence-electron chi connectivity index (χ0n) is 13.3. The summed E-state index contributed by atoms with van der Waals surface area (Å²) >= 11 is 0. The van der Waals surface area contributed by atoms with Crippen LogP contribution in [0.3, 0.4) is 0 Å². The maximum absolute atomic E-state index is 11.3. The summed E-state index contributed by atoms with van der Waals surface area (Å²) < 4.78 is 1.78. The number of carbonyl (C=O) groups excluding carboxylic acids is 1. The fourth-order valence-electron chi connectivity index (χ4n) is 2.90. The Kier molecular flexibility index (Phi) is 3.72. The Morgan fingerprint density at radius 3 is 2.59 bits per heavy atom. The molecule has 0 spiro atoms. The molecule has 2 aromatic heterocycles. The quantitative estimate of drug-likeness (QED) is 0.919. The van der Waals surface area contributed by atoms with Crippen molar-refractivity contribution in [3.05, 3.63) is 12.0 Å². The SMILES string of the molecule is CC(C)c1nc(N2CCC(C(N)=O)CC2)c2cnn(C)c2n1. The molecule has 0 aromatic carbocycles. The van der Waals surface area contributed by atoms with Gasteiger partial charge in [-0.2, -0.15) is 5.10 Å². The van der Waals surface area contributed by atoms with Crippen LogP contribution in [0.15, 0.2) is 6.20 Å². The highest BCUT2D eigenvalue weighted by atomic mass is 16.1. The van der Waals surface area contributed by atoms with Crippen LogP contribution in [-0.2, 0) is 11.8 Å². The number of piperidine rings is 1. The van der Waals surface area contributed by atoms with Crippen molar-refractivity contribution in [3.8, 4) is 0 Å². The van der Waals surface area contributed by atoms with Gasteiger partial charge in [0.2, 0.25) is 5.91 Å². The summed E-state index contributed by atoms with van der Waals surface area (Å²) in [5, 5.41) is 5.27. The number of aromatic nitrogens is 4. The van der Waals surface area contributed by atoms with E-state index in [0.29, 0.717) is 0 Å². The monoisotopic (exact) mass is 302 g/mol. The van der Waals surface area contributed by atoms with E-state index in [4.69, 9.17) is 10.7 Å². The Labute approximate surface area is 129 Å². The molecule has 1 aliphatic rings. The van der Waals surface area contributed by atoms with Crippen LogP contribution >= 0.6 is 0 Å². The van der Waals surface area contributed by atoms with Crippen LogP contribution < -0.4 is 10.6 Å². The fourth-order valence-corrected chi connectivity index (χ4v) is 2.90. The lowest BCUT2D eigenvalue weighted by Gasteiger charge is -2.32. The lowest BCUT2D eigenvalue weighted by molar-refractivity contribution is -0.122. The van der Waals surface area contributed by atoms with Crippen molar-refractivity contribution in [1.29, 1.82) is 0 Å². The average Bonchev–Trinajstić information content (AvgIpc) is 2.88. The maximum atomic E-state index is 11.3. The molecule has 1 fully saturated rings. The average molecular weight is 302 g/mol. The number of primary amides is 1. The van der Waals surface area contributed by atoms with Gasteiger partial charge in [0.15, 0.2) is 5.65 Å². The number of rotatable bonds is 3. The van der Waals surface area contributed by atoms with E-state index in [1.807, 2.05) is 13.2 Å². The zero-order chi connectivity index (χ0) is 15.9. The number of nitrogens with two attached hydrogens (primary N) is 1. The summed E-state index contributed by atoms with van der Waals surface area (Å²) in [4.78, 5) is 22.9. The highest BCUT2D eigenvalue weighted by molar-refractivity contribution is 5.87. The Bertz CT molecular complexity index is 699. The van der Waals surface area contributed by atoms with Gasteiger partial charge in [-0.05, 0) is 12.8 Å². The van der Waals surface area contributed by atoms with E-state index in [1.54, 1.807) is 4.68 Å². The summed E-state index contributed by atoms with van der Waals surface area (Å²) in [5.74, 6) is 1.78. The second kappa shape index (κ2) is 5.55. The van der Waals surface area contributed by atoms with Crippen molar-refractivity contribution in [2.45, 2.75) is 32.6 Å². The van der Waals surface area contributed by atoms with Crippen LogP contribution in [0, 0.1) is 5.92 Å². The number of nitrogens with zero attached hydrogens (tertiary/aromatic N) is 5. The van der Waals surface area contributed by atoms with Crippen molar-refractivity contribution in [3.63, 3.8) is 0 Å². The van der Waals surface area contributed by atoms with E-state index in [-0.39, 0.29) is 17.7 Å². The van der Waals surface area contributed by atoms with E-state index < -0.39 is 0 Å². The number of carbonyl (C=O) groups is 1. The first-order chi connectivity index (χ1) is 10.5. The van der Waals surface area contributed by atoms with Crippen molar-refractivity contribution in [2.75, 3.05) is 18.0 Å². The van der Waals surface area contributed by atoms with Gasteiger partial charge in [0.25, 0.3) is 0 Å². The summed E-state index contributed by atoms with van der Waals surface area (Å²) in [6.07, 6.45) is 3.37. The second-order valence-electron chi connectivity index (χ2n) is 6.23. The predicted octanol–water partition coefficient (Wildman–Crippen LogP) is 1.19. The number of anilines is 1. The third-order valence-electron chi connectivity index (χ3n) is 4.30. The topological polar surface area (TPSA) is 89.9 Å². The predicted molar refractivity (Wildman–Crippen MR) is 84.5 cm³/mol. The number of amides is 1. The van der Waals surface area contributed by atoms with Crippen LogP contribution in [0.5, 0.6) is 0 Å². The van der Waals surface area contributed by atoms with Crippen molar-refractivity contribution < 1.29 is 4.79 Å². The molecule has 2 aromatic rings. The van der Waals surface area contributed by atoms with Gasteiger partial charge in [-0.25, -0.2) is 9.97 Å². The molecular weight excluding hydrogens is 280 g/mol. The highest BCUT2D eigenvalue weighted by Crippen LogP contribution is 2.29. The molecule has 118 valence electrons. The lowest BCUT2D eigenvalue weighted by Crippen LogP contribution is -2.39. The number of hydrogen-bond acceptors (Lipinski definition) is 5. The van der Waals surface area contributed by atoms with Gasteiger partial charge in [-0.15, -0.1) is 0 Å². The third-order valence-corrected chi connectivity index (χ3v) is 4.30. The Balaban J connectivity index is 1.98. The molecule has 0 radical (unpaired) electrons. The normalized spacial score (nSPS) is 16.6. The molecule has 1 amide bonds. The van der Waals surface area contributed by atoms with Gasteiger partial charge in [-0.3, -0.25) is 9.48 Å². The van der Waals surface area contributed by atoms with Crippen LogP contribution in [0.1, 0.15) is 38.4 Å². The highest BCUT2D eigenvalue weighted by Gasteiger charge is 2.26. The van der Waals surface area contributed by atoms with E-state index in [0.717, 1.165) is 48.6 Å². The summed E-state index contributed by atoms with van der Waals surface area (Å²) in [6.45, 7) is 5.74. The van der Waals surface area contributed by atoms with Crippen LogP contribution in [0.2, 0.25) is 0 Å². The summed E-state index contributed by atoms with van der Waals surface area (Å²) in [5.41, 5.74) is 6.27. The van der Waals surface area contributed by atoms with Crippen LogP contribution in [0.25, 0.3) is 11.0 Å². The molecule has 22 heavy (non-hydrogen) atoms. The van der Waals surface area contributed by atoms with Crippen LogP contribution in [0.4, 0.5) is 5.82 Å². The van der Waals surface area contributed by atoms with Gasteiger partial charge in [0.05, 0.1) is 11.6 Å². The molecule has 0 saturated carbocycles. The van der Waals surface area contributed by atoms with Gasteiger partial charge in [0, 0.05) is 32.0 Å². The minimum Gasteiger partial charge on any atom is -0.369 e. The minimum atomic E-state index is -0.197. The molecule has 2 N–H and O–H groups in total. The van der Waals surface area contributed by atoms with Gasteiger partial charge >= 0.3 is 0 Å². The molecule has 7 nitrogen and oxygen atoms in total. The zero-order valence-corrected chi connectivity index (χ0v) is 13.3. The molecule has 7 heteroatoms. The molecule has 1 aliphatic heterocycles. The molecule has 0 unspecified atom stereocenters. The van der Waals surface area contributed by atoms with E-state index >= 15 is 0 Å². The van der Waals surface area contributed by atoms with Crippen molar-refractivity contribution >= 4 is 22.8 Å². The number of fused-ring (bicyclic) bond motifs is 1. The second-order valence-corrected chi connectivity index (χ2v) is 6.23. The molecule has 0 atom stereocenters. The van der Waals surface area contributed by atoms with Gasteiger partial charge in [0.1, 0.15) is 11.6 Å². The Hall–Kier alpha value is -2.18. The third kappa shape index (κ3) is 2.51. The molecule has 3 heterocycles. The summed E-state index contributed by atoms with van der Waals surface area (Å²) in [6, 6.07) is 0. The van der Waals surface area contributed by atoms with E-state index in [1.165, 1.54) is 0 Å². The largest absolute Gasteiger partial charge is 0.369 e. The molecule has 0 aliphatic carbocycles. The molecule has 0 bridgehead atoms. The van der Waals surface area contributed by atoms with Gasteiger partial charge < -0.3 is 10.6 Å². The fraction of sp³-hybridized carbons (Fsp3) is 0.600. The first-order valence-electron chi connectivity index (χ1n) is 7.71. The summed E-state index contributed by atoms with van der Waals surface area (Å²) in [7, 11) is 1.89. The smallest absolute Gasteiger partial charge is 0.220 e. The number of hydrogen-bond donors (Lipinski definition) is 1. The molecule has 3 rings (SSSR count). The minimum absolute atomic E-state index is 0.0213. The molecular formula is C15H22N6O. The van der Waals surface area contributed by atoms with E-state index in [2.05, 4.69) is 28.8 Å². The van der Waals surface area contributed by atoms with Crippen molar-refractivity contribution in [2.24, 2.45) is 18.7 Å². The maximum Gasteiger partial charge on any atom is 0.220 e. The first-order valence-corrected chi connectivity index (χ1v) is 7.71. The van der Waals surface area contributed by atoms with E-state index in [9.17, 15) is 4.79 Å². The van der Waals surface area contributed by atoms with Crippen molar-refractivity contribution in [1.82, 2.24) is 19.7 Å². The Morgan fingerprint density at radius 1 is 1.32 bits per heavy atom. The van der Waals surface area contributed by atoms with Gasteiger partial charge in [-0.1, -0.05) is 13.8 Å². The lowest BCUT2D eigenvalue weighted by atomic mass is 9.96. The first kappa shape index (κ1) is 14.7. The molecule has 1 saturated heterocycles.